The van der Waals surface area contributed by atoms with E-state index in [0.29, 0.717) is 6.04 Å². The molecule has 1 heterocycles. The lowest BCUT2D eigenvalue weighted by atomic mass is 9.93. The van der Waals surface area contributed by atoms with Crippen LogP contribution < -0.4 is 10.6 Å². The third kappa shape index (κ3) is 3.20. The number of aliphatic imine (C=N–C) groups is 1. The lowest BCUT2D eigenvalue weighted by molar-refractivity contribution is 0.376. The summed E-state index contributed by atoms with van der Waals surface area (Å²) in [5.41, 5.74) is 0.932. The maximum Gasteiger partial charge on any atom is 0.192 e. The molecule has 0 bridgehead atoms. The van der Waals surface area contributed by atoms with Crippen molar-refractivity contribution in [3.05, 3.63) is 36.1 Å². The molecule has 1 fully saturated rings. The first-order chi connectivity index (χ1) is 10.3. The fourth-order valence-electron chi connectivity index (χ4n) is 2.53. The Balaban J connectivity index is 1.70. The van der Waals surface area contributed by atoms with E-state index in [2.05, 4.69) is 41.6 Å². The normalized spacial score (nSPS) is 17.5. The minimum absolute atomic E-state index is 0.0928. The van der Waals surface area contributed by atoms with Crippen molar-refractivity contribution < 1.29 is 4.42 Å². The zero-order chi connectivity index (χ0) is 14.7. The summed E-state index contributed by atoms with van der Waals surface area (Å²) in [6.07, 6.45) is 3.79. The zero-order valence-corrected chi connectivity index (χ0v) is 12.7. The molecular formula is C17H23N3O. The number of rotatable bonds is 4. The van der Waals surface area contributed by atoms with Crippen LogP contribution in [-0.2, 0) is 0 Å². The van der Waals surface area contributed by atoms with Crippen molar-refractivity contribution in [2.45, 2.75) is 45.2 Å². The second-order valence-electron chi connectivity index (χ2n) is 5.65. The van der Waals surface area contributed by atoms with Crippen LogP contribution in [0.2, 0.25) is 0 Å². The van der Waals surface area contributed by atoms with E-state index in [1.54, 1.807) is 0 Å². The van der Waals surface area contributed by atoms with Gasteiger partial charge in [-0.2, -0.15) is 0 Å². The molecule has 0 saturated heterocycles. The van der Waals surface area contributed by atoms with Crippen molar-refractivity contribution in [3.8, 4) is 0 Å². The number of nitrogens with one attached hydrogen (secondary N) is 2. The molecule has 2 aromatic rings. The van der Waals surface area contributed by atoms with Crippen LogP contribution in [0.15, 0.2) is 39.7 Å². The van der Waals surface area contributed by atoms with Crippen molar-refractivity contribution in [2.75, 3.05) is 6.54 Å². The molecule has 1 aromatic heterocycles. The molecule has 1 atom stereocenters. The molecule has 3 rings (SSSR count). The van der Waals surface area contributed by atoms with Gasteiger partial charge in [0.15, 0.2) is 5.96 Å². The summed E-state index contributed by atoms with van der Waals surface area (Å²) in [6.45, 7) is 4.93. The SMILES string of the molecule is CCN=C(NC1CCC1)NC(C)c1cc2ccccc2o1. The van der Waals surface area contributed by atoms with Crippen molar-refractivity contribution in [2.24, 2.45) is 4.99 Å². The Morgan fingerprint density at radius 2 is 2.19 bits per heavy atom. The molecule has 112 valence electrons. The van der Waals surface area contributed by atoms with E-state index in [1.807, 2.05) is 18.2 Å². The summed E-state index contributed by atoms with van der Waals surface area (Å²) in [5, 5.41) is 8.07. The summed E-state index contributed by atoms with van der Waals surface area (Å²) in [6, 6.07) is 10.9. The Hall–Kier alpha value is -1.97. The summed E-state index contributed by atoms with van der Waals surface area (Å²) in [7, 11) is 0. The highest BCUT2D eigenvalue weighted by molar-refractivity contribution is 5.81. The van der Waals surface area contributed by atoms with Crippen LogP contribution in [0.1, 0.15) is 44.9 Å². The number of guanidine groups is 1. The lowest BCUT2D eigenvalue weighted by Crippen LogP contribution is -2.47. The van der Waals surface area contributed by atoms with Crippen LogP contribution in [-0.4, -0.2) is 18.5 Å². The van der Waals surface area contributed by atoms with Crippen LogP contribution in [0.3, 0.4) is 0 Å². The van der Waals surface area contributed by atoms with Crippen LogP contribution >= 0.6 is 0 Å². The third-order valence-electron chi connectivity index (χ3n) is 3.99. The number of para-hydroxylation sites is 1. The predicted octanol–water partition coefficient (Wildman–Crippen LogP) is 3.60. The second kappa shape index (κ2) is 6.20. The highest BCUT2D eigenvalue weighted by atomic mass is 16.3. The molecule has 0 radical (unpaired) electrons. The van der Waals surface area contributed by atoms with Gasteiger partial charge in [0.25, 0.3) is 0 Å². The van der Waals surface area contributed by atoms with Gasteiger partial charge in [0.05, 0.1) is 6.04 Å². The molecule has 0 amide bonds. The molecule has 0 aliphatic heterocycles. The third-order valence-corrected chi connectivity index (χ3v) is 3.99. The number of furan rings is 1. The van der Waals surface area contributed by atoms with Gasteiger partial charge in [-0.25, -0.2) is 0 Å². The van der Waals surface area contributed by atoms with Crippen LogP contribution in [0.25, 0.3) is 11.0 Å². The van der Waals surface area contributed by atoms with Gasteiger partial charge >= 0.3 is 0 Å². The molecule has 1 aromatic carbocycles. The van der Waals surface area contributed by atoms with E-state index >= 15 is 0 Å². The van der Waals surface area contributed by atoms with Crippen LogP contribution in [0.5, 0.6) is 0 Å². The number of hydrogen-bond donors (Lipinski definition) is 2. The highest BCUT2D eigenvalue weighted by Crippen LogP contribution is 2.23. The number of hydrogen-bond acceptors (Lipinski definition) is 2. The standard InChI is InChI=1S/C17H23N3O/c1-3-18-17(20-14-8-6-9-14)19-12(2)16-11-13-7-4-5-10-15(13)21-16/h4-5,7,10-12,14H,3,6,8-9H2,1-2H3,(H2,18,19,20). The zero-order valence-electron chi connectivity index (χ0n) is 12.7. The number of nitrogens with zero attached hydrogens (tertiary/aromatic N) is 1. The minimum atomic E-state index is 0.0928. The summed E-state index contributed by atoms with van der Waals surface area (Å²) >= 11 is 0. The quantitative estimate of drug-likeness (QED) is 0.666. The smallest absolute Gasteiger partial charge is 0.192 e. The maximum absolute atomic E-state index is 5.91. The van der Waals surface area contributed by atoms with E-state index in [-0.39, 0.29) is 6.04 Å². The Bertz CT molecular complexity index is 595. The predicted molar refractivity (Wildman–Crippen MR) is 86.5 cm³/mol. The van der Waals surface area contributed by atoms with Crippen LogP contribution in [0.4, 0.5) is 0 Å². The second-order valence-corrected chi connectivity index (χ2v) is 5.65. The average molecular weight is 285 g/mol. The molecular weight excluding hydrogens is 262 g/mol. The fourth-order valence-corrected chi connectivity index (χ4v) is 2.53. The molecule has 1 saturated carbocycles. The molecule has 1 aliphatic rings. The first-order valence-corrected chi connectivity index (χ1v) is 7.82. The molecule has 1 aliphatic carbocycles. The average Bonchev–Trinajstić information content (AvgIpc) is 2.87. The Morgan fingerprint density at radius 3 is 2.86 bits per heavy atom. The van der Waals surface area contributed by atoms with Gasteiger partial charge in [0.1, 0.15) is 11.3 Å². The monoisotopic (exact) mass is 285 g/mol. The fraction of sp³-hybridized carbons (Fsp3) is 0.471. The van der Waals surface area contributed by atoms with Gasteiger partial charge in [0.2, 0.25) is 0 Å². The van der Waals surface area contributed by atoms with E-state index < -0.39 is 0 Å². The van der Waals surface area contributed by atoms with E-state index in [4.69, 9.17) is 4.42 Å². The Kier molecular flexibility index (Phi) is 4.13. The minimum Gasteiger partial charge on any atom is -0.459 e. The van der Waals surface area contributed by atoms with Gasteiger partial charge in [-0.15, -0.1) is 0 Å². The molecule has 4 nitrogen and oxygen atoms in total. The van der Waals surface area contributed by atoms with Crippen LogP contribution in [0, 0.1) is 0 Å². The van der Waals surface area contributed by atoms with Crippen molar-refractivity contribution >= 4 is 16.9 Å². The number of benzene rings is 1. The molecule has 21 heavy (non-hydrogen) atoms. The van der Waals surface area contributed by atoms with Gasteiger partial charge in [0, 0.05) is 18.0 Å². The summed E-state index contributed by atoms with van der Waals surface area (Å²) < 4.78 is 5.91. The van der Waals surface area contributed by atoms with E-state index in [9.17, 15) is 0 Å². The van der Waals surface area contributed by atoms with Crippen molar-refractivity contribution in [3.63, 3.8) is 0 Å². The first-order valence-electron chi connectivity index (χ1n) is 7.82. The van der Waals surface area contributed by atoms with E-state index in [0.717, 1.165) is 29.2 Å². The maximum atomic E-state index is 5.91. The van der Waals surface area contributed by atoms with Gasteiger partial charge in [-0.05, 0) is 45.2 Å². The summed E-state index contributed by atoms with van der Waals surface area (Å²) in [4.78, 5) is 4.52. The first kappa shape index (κ1) is 14.0. The molecule has 2 N–H and O–H groups in total. The van der Waals surface area contributed by atoms with Crippen molar-refractivity contribution in [1.29, 1.82) is 0 Å². The Morgan fingerprint density at radius 1 is 1.38 bits per heavy atom. The highest BCUT2D eigenvalue weighted by Gasteiger charge is 2.20. The number of fused-ring (bicyclic) bond motifs is 1. The molecule has 1 unspecified atom stereocenters. The lowest BCUT2D eigenvalue weighted by Gasteiger charge is -2.29. The topological polar surface area (TPSA) is 49.6 Å². The molecule has 4 heteroatoms. The van der Waals surface area contributed by atoms with Gasteiger partial charge in [-0.1, -0.05) is 18.2 Å². The van der Waals surface area contributed by atoms with Crippen molar-refractivity contribution in [1.82, 2.24) is 10.6 Å². The molecule has 0 spiro atoms. The van der Waals surface area contributed by atoms with Gasteiger partial charge in [-0.3, -0.25) is 4.99 Å². The Labute approximate surface area is 125 Å². The summed E-state index contributed by atoms with van der Waals surface area (Å²) in [5.74, 6) is 1.82. The van der Waals surface area contributed by atoms with E-state index in [1.165, 1.54) is 19.3 Å². The largest absolute Gasteiger partial charge is 0.459 e. The van der Waals surface area contributed by atoms with Gasteiger partial charge < -0.3 is 15.1 Å².